The number of hydrogen-bond donors (Lipinski definition) is 2. The Morgan fingerprint density at radius 3 is 2.21 bits per heavy atom. The van der Waals surface area contributed by atoms with Crippen LogP contribution < -0.4 is 20.4 Å². The van der Waals surface area contributed by atoms with E-state index in [2.05, 4.69) is 22.5 Å². The van der Waals surface area contributed by atoms with Gasteiger partial charge in [0.05, 0.1) is 5.69 Å². The number of carbonyl (C=O) groups excluding carboxylic acids is 3. The van der Waals surface area contributed by atoms with Crippen LogP contribution in [0.25, 0.3) is 0 Å². The second-order valence-electron chi connectivity index (χ2n) is 9.99. The van der Waals surface area contributed by atoms with Crippen LogP contribution in [0.15, 0.2) is 83.5 Å². The van der Waals surface area contributed by atoms with Crippen molar-refractivity contribution in [3.8, 4) is 0 Å². The second-order valence-corrected chi connectivity index (χ2v) is 10.4. The molecule has 0 spiro atoms. The molecule has 0 bridgehead atoms. The van der Waals surface area contributed by atoms with Crippen LogP contribution in [0.4, 0.5) is 22.7 Å². The van der Waals surface area contributed by atoms with Crippen molar-refractivity contribution in [3.05, 3.63) is 94.7 Å². The number of amides is 3. The number of piperidine rings is 1. The zero-order valence-electron chi connectivity index (χ0n) is 22.0. The van der Waals surface area contributed by atoms with Gasteiger partial charge in [0.15, 0.2) is 0 Å². The van der Waals surface area contributed by atoms with Crippen LogP contribution in [0.1, 0.15) is 42.6 Å². The van der Waals surface area contributed by atoms with Crippen LogP contribution in [-0.2, 0) is 16.0 Å². The van der Waals surface area contributed by atoms with Crippen LogP contribution >= 0.6 is 11.6 Å². The number of hydrogen-bond acceptors (Lipinski definition) is 5. The molecule has 3 amide bonds. The van der Waals surface area contributed by atoms with E-state index in [-0.39, 0.29) is 16.6 Å². The molecule has 1 saturated heterocycles. The predicted molar refractivity (Wildman–Crippen MR) is 156 cm³/mol. The van der Waals surface area contributed by atoms with Gasteiger partial charge in [-0.3, -0.25) is 14.4 Å². The number of nitrogens with one attached hydrogen (secondary N) is 2. The summed E-state index contributed by atoms with van der Waals surface area (Å²) in [4.78, 5) is 42.3. The van der Waals surface area contributed by atoms with Crippen molar-refractivity contribution in [1.29, 1.82) is 0 Å². The number of rotatable bonds is 7. The van der Waals surface area contributed by atoms with Gasteiger partial charge in [-0.25, -0.2) is 4.90 Å². The lowest BCUT2D eigenvalue weighted by Gasteiger charge is -2.32. The summed E-state index contributed by atoms with van der Waals surface area (Å²) in [7, 11) is 0. The Labute approximate surface area is 233 Å². The van der Waals surface area contributed by atoms with E-state index in [1.807, 2.05) is 43.3 Å². The number of imide groups is 1. The zero-order valence-corrected chi connectivity index (χ0v) is 22.8. The molecule has 2 N–H and O–H groups in total. The maximum Gasteiger partial charge on any atom is 0.283 e. The Balaban J connectivity index is 1.23. The van der Waals surface area contributed by atoms with Crippen molar-refractivity contribution in [2.45, 2.75) is 33.1 Å². The second kappa shape index (κ2) is 11.3. The number of benzene rings is 3. The third-order valence-electron chi connectivity index (χ3n) is 7.33. The molecule has 0 atom stereocenters. The van der Waals surface area contributed by atoms with Crippen molar-refractivity contribution >= 4 is 52.1 Å². The molecule has 0 aromatic heterocycles. The van der Waals surface area contributed by atoms with Crippen molar-refractivity contribution in [2.24, 2.45) is 5.92 Å². The maximum atomic E-state index is 13.2. The minimum Gasteiger partial charge on any atom is -0.372 e. The van der Waals surface area contributed by atoms with Gasteiger partial charge in [-0.15, -0.1) is 0 Å². The molecule has 8 heteroatoms. The summed E-state index contributed by atoms with van der Waals surface area (Å²) in [6.45, 7) is 6.36. The van der Waals surface area contributed by atoms with Gasteiger partial charge in [0.2, 0.25) is 0 Å². The van der Waals surface area contributed by atoms with Crippen molar-refractivity contribution in [2.75, 3.05) is 33.5 Å². The summed E-state index contributed by atoms with van der Waals surface area (Å²) < 4.78 is 0. The molecule has 200 valence electrons. The van der Waals surface area contributed by atoms with E-state index in [0.717, 1.165) is 35.2 Å². The minimum absolute atomic E-state index is 0.00743. The predicted octanol–water partition coefficient (Wildman–Crippen LogP) is 6.17. The molecule has 0 unspecified atom stereocenters. The molecular formula is C31H31ClN4O3. The van der Waals surface area contributed by atoms with Crippen molar-refractivity contribution in [3.63, 3.8) is 0 Å². The fourth-order valence-electron chi connectivity index (χ4n) is 4.93. The average Bonchev–Trinajstić information content (AvgIpc) is 3.17. The molecule has 0 aliphatic carbocycles. The number of aryl methyl sites for hydroxylation is 1. The standard InChI is InChI=1S/C31H31ClN4O3/c1-3-21-6-4-5-7-26(21)36-30(38)27(32)28(31(36)39)33-23-10-8-22(9-11-23)29(37)34-24-12-14-25(15-13-24)35-18-16-20(2)17-19-35/h4-15,20,33H,3,16-19H2,1-2H3,(H,34,37). The lowest BCUT2D eigenvalue weighted by Crippen LogP contribution is -2.33. The van der Waals surface area contributed by atoms with Gasteiger partial charge in [-0.1, -0.05) is 43.6 Å². The van der Waals surface area contributed by atoms with E-state index in [1.54, 1.807) is 36.4 Å². The van der Waals surface area contributed by atoms with E-state index < -0.39 is 11.8 Å². The van der Waals surface area contributed by atoms with E-state index >= 15 is 0 Å². The number of halogens is 1. The monoisotopic (exact) mass is 542 g/mol. The number of nitrogens with zero attached hydrogens (tertiary/aromatic N) is 2. The highest BCUT2D eigenvalue weighted by atomic mass is 35.5. The van der Waals surface area contributed by atoms with E-state index in [1.165, 1.54) is 18.5 Å². The summed E-state index contributed by atoms with van der Waals surface area (Å²) in [6.07, 6.45) is 3.06. The van der Waals surface area contributed by atoms with Gasteiger partial charge in [0.1, 0.15) is 10.7 Å². The van der Waals surface area contributed by atoms with Crippen LogP contribution in [0, 0.1) is 5.92 Å². The van der Waals surface area contributed by atoms with Crippen LogP contribution in [0.3, 0.4) is 0 Å². The lowest BCUT2D eigenvalue weighted by atomic mass is 9.99. The van der Waals surface area contributed by atoms with E-state index in [9.17, 15) is 14.4 Å². The highest BCUT2D eigenvalue weighted by Gasteiger charge is 2.39. The van der Waals surface area contributed by atoms with Gasteiger partial charge in [-0.2, -0.15) is 0 Å². The van der Waals surface area contributed by atoms with Crippen molar-refractivity contribution < 1.29 is 14.4 Å². The molecule has 0 saturated carbocycles. The Kier molecular flexibility index (Phi) is 7.70. The lowest BCUT2D eigenvalue weighted by molar-refractivity contribution is -0.120. The van der Waals surface area contributed by atoms with Crippen LogP contribution in [0.5, 0.6) is 0 Å². The molecule has 1 fully saturated rings. The number of anilines is 4. The molecule has 0 radical (unpaired) electrons. The van der Waals surface area contributed by atoms with Gasteiger partial charge in [0, 0.05) is 35.7 Å². The fourth-order valence-corrected chi connectivity index (χ4v) is 5.15. The molecule has 3 aromatic carbocycles. The summed E-state index contributed by atoms with van der Waals surface area (Å²) >= 11 is 6.29. The minimum atomic E-state index is -0.568. The molecular weight excluding hydrogens is 512 g/mol. The quantitative estimate of drug-likeness (QED) is 0.349. The number of carbonyl (C=O) groups is 3. The van der Waals surface area contributed by atoms with Gasteiger partial charge in [0.25, 0.3) is 17.7 Å². The average molecular weight is 543 g/mol. The topological polar surface area (TPSA) is 81.8 Å². The molecule has 39 heavy (non-hydrogen) atoms. The smallest absolute Gasteiger partial charge is 0.283 e. The highest BCUT2D eigenvalue weighted by molar-refractivity contribution is 6.53. The van der Waals surface area contributed by atoms with Gasteiger partial charge >= 0.3 is 0 Å². The van der Waals surface area contributed by atoms with E-state index in [0.29, 0.717) is 23.4 Å². The Bertz CT molecular complexity index is 1420. The molecule has 3 aromatic rings. The Morgan fingerprint density at radius 2 is 1.54 bits per heavy atom. The molecule has 2 aliphatic rings. The zero-order chi connectivity index (χ0) is 27.5. The van der Waals surface area contributed by atoms with Gasteiger partial charge < -0.3 is 15.5 Å². The normalized spacial score (nSPS) is 16.2. The first kappa shape index (κ1) is 26.5. The van der Waals surface area contributed by atoms with E-state index in [4.69, 9.17) is 11.6 Å². The van der Waals surface area contributed by atoms with Crippen LogP contribution in [0.2, 0.25) is 0 Å². The first-order valence-electron chi connectivity index (χ1n) is 13.3. The molecule has 5 rings (SSSR count). The number of para-hydroxylation sites is 1. The Morgan fingerprint density at radius 1 is 0.897 bits per heavy atom. The molecule has 2 heterocycles. The first-order valence-corrected chi connectivity index (χ1v) is 13.6. The summed E-state index contributed by atoms with van der Waals surface area (Å²) in [5.41, 5.74) is 4.28. The Hall–Kier alpha value is -4.10. The molecule has 2 aliphatic heterocycles. The fraction of sp³-hybridized carbons (Fsp3) is 0.258. The summed E-state index contributed by atoms with van der Waals surface area (Å²) in [6, 6.07) is 21.8. The third-order valence-corrected chi connectivity index (χ3v) is 7.68. The highest BCUT2D eigenvalue weighted by Crippen LogP contribution is 2.32. The third kappa shape index (κ3) is 5.54. The van der Waals surface area contributed by atoms with Crippen LogP contribution in [-0.4, -0.2) is 30.8 Å². The first-order chi connectivity index (χ1) is 18.9. The van der Waals surface area contributed by atoms with Gasteiger partial charge in [-0.05, 0) is 85.3 Å². The summed E-state index contributed by atoms with van der Waals surface area (Å²) in [5.74, 6) is -0.556. The largest absolute Gasteiger partial charge is 0.372 e. The maximum absolute atomic E-state index is 13.2. The summed E-state index contributed by atoms with van der Waals surface area (Å²) in [5, 5.41) is 5.72. The van der Waals surface area contributed by atoms with Crippen molar-refractivity contribution in [1.82, 2.24) is 0 Å². The molecule has 7 nitrogen and oxygen atoms in total. The SMILES string of the molecule is CCc1ccccc1N1C(=O)C(Cl)=C(Nc2ccc(C(=O)Nc3ccc(N4CCC(C)CC4)cc3)cc2)C1=O.